The van der Waals surface area contributed by atoms with Crippen LogP contribution in [0.3, 0.4) is 0 Å². The van der Waals surface area contributed by atoms with Gasteiger partial charge in [0.2, 0.25) is 0 Å². The van der Waals surface area contributed by atoms with Crippen LogP contribution < -0.4 is 0 Å². The number of nitrogens with zero attached hydrogens (tertiary/aromatic N) is 9. The summed E-state index contributed by atoms with van der Waals surface area (Å²) in [4.78, 5) is 22.4. The first-order valence-electron chi connectivity index (χ1n) is 31.9. The highest BCUT2D eigenvalue weighted by Gasteiger charge is 2.24. The zero-order valence-electron chi connectivity index (χ0n) is 51.2. The average Bonchev–Trinajstić information content (AvgIpc) is 1.51. The second-order valence-corrected chi connectivity index (χ2v) is 25.3. The molecule has 12 heteroatoms. The molecule has 21 aromatic rings. The van der Waals surface area contributed by atoms with Gasteiger partial charge in [0.25, 0.3) is 0 Å². The quantitative estimate of drug-likeness (QED) is 0.137. The van der Waals surface area contributed by atoms with Crippen LogP contribution in [-0.2, 0) is 0 Å². The van der Waals surface area contributed by atoms with Gasteiger partial charge in [-0.05, 0) is 173 Å². The molecule has 9 heterocycles. The van der Waals surface area contributed by atoms with Crippen LogP contribution in [0.15, 0.2) is 314 Å². The summed E-state index contributed by atoms with van der Waals surface area (Å²) in [7, 11) is 0. The molecular weight excluding hydrogens is 1260 g/mol. The van der Waals surface area contributed by atoms with Crippen molar-refractivity contribution in [2.45, 2.75) is 0 Å². The zero-order valence-corrected chi connectivity index (χ0v) is 53.6. The van der Waals surface area contributed by atoms with Crippen molar-refractivity contribution in [1.29, 1.82) is 0 Å². The van der Waals surface area contributed by atoms with Gasteiger partial charge in [0.05, 0.1) is 71.2 Å². The Morgan fingerprint density at radius 2 is 0.719 bits per heavy atom. The van der Waals surface area contributed by atoms with Crippen LogP contribution in [0, 0.1) is 0 Å². The van der Waals surface area contributed by atoms with Crippen molar-refractivity contribution in [3.8, 4) is 34.1 Å². The molecule has 9 aromatic heterocycles. The number of aromatic amines is 1. The van der Waals surface area contributed by atoms with Gasteiger partial charge in [-0.25, -0.2) is 19.9 Å². The number of hydrogen-bond acceptors (Lipinski definition) is 4. The minimum absolute atomic E-state index is 0.646. The summed E-state index contributed by atoms with van der Waals surface area (Å²) in [6, 6.07) is 105. The molecule has 10 nitrogen and oxygen atoms in total. The number of imidazole rings is 2. The lowest BCUT2D eigenvalue weighted by Crippen LogP contribution is -1.96. The molecule has 21 rings (SSSR count). The second kappa shape index (κ2) is 22.3. The summed E-state index contributed by atoms with van der Waals surface area (Å²) in [5, 5.41) is 13.9. The number of aromatic nitrogens is 10. The van der Waals surface area contributed by atoms with Gasteiger partial charge in [-0.1, -0.05) is 157 Å². The normalized spacial score (nSPS) is 11.9. The van der Waals surface area contributed by atoms with Crippen molar-refractivity contribution in [3.05, 3.63) is 319 Å². The largest absolute Gasteiger partial charge is 0.338 e. The van der Waals surface area contributed by atoms with Crippen molar-refractivity contribution in [2.24, 2.45) is 0 Å². The van der Waals surface area contributed by atoms with Crippen molar-refractivity contribution in [1.82, 2.24) is 47.6 Å². The monoisotopic (exact) mass is 1310 g/mol. The molecule has 1 N–H and O–H groups in total. The average molecular weight is 1320 g/mol. The molecule has 0 saturated carbocycles. The van der Waals surface area contributed by atoms with Crippen molar-refractivity contribution < 1.29 is 0 Å². The Kier molecular flexibility index (Phi) is 12.9. The van der Waals surface area contributed by atoms with E-state index in [4.69, 9.17) is 26.6 Å². The SMILES string of the molecule is Clc1cccnc1Br.c1ccc(-n2c3ccccc3c3cc4c5cc6c7cccnc7n7c8ccccc8nc7c6cc5n(-c5ccccc5)c4cc32)cc1.c1ccc(-n2c3ccccc3c3cc4c5ccc(-c6nc7ccccc7[nH]6)cc5n(-c5ccccc5)c4cc32)cc1. The number of para-hydroxylation sites is 10. The van der Waals surface area contributed by atoms with E-state index in [9.17, 15) is 0 Å². The third-order valence-electron chi connectivity index (χ3n) is 18.8. The number of hydrogen-bond donors (Lipinski definition) is 1. The standard InChI is InChI=1S/C42H25N5.C37H24N4.C5H3BrClN/c1-3-12-26(13-4-1)45-36-19-9-7-16-28(36)31-23-33-32-22-30-29-17-11-21-43-41(29)47-37-20-10-8-18-35(37)44-42(47)34(30)24-38(32)46(40(33)25-39(31)45)27-14-5-2-6-15-27;1-3-11-25(12-4-1)40-33-18-10-7-15-27(33)29-22-30-28-20-19-24(37-38-31-16-8-9-17-32(31)39-37)21-34(28)41(36(30)23-35(29)40)26-13-5-2-6-14-26;6-5-4(7)2-1-3-8-5/h1-25H;1-23H,(H,38,39);1-3H. The first-order valence-corrected chi connectivity index (χ1v) is 33.1. The van der Waals surface area contributed by atoms with Crippen LogP contribution >= 0.6 is 27.5 Å². The molecule has 452 valence electrons. The molecule has 0 atom stereocenters. The number of fused-ring (bicyclic) bond motifs is 21. The molecule has 0 radical (unpaired) electrons. The molecule has 0 aliphatic heterocycles. The number of benzene rings is 12. The van der Waals surface area contributed by atoms with Gasteiger partial charge >= 0.3 is 0 Å². The van der Waals surface area contributed by atoms with Crippen molar-refractivity contribution in [3.63, 3.8) is 0 Å². The maximum atomic E-state index is 5.60. The fourth-order valence-corrected chi connectivity index (χ4v) is 15.0. The molecule has 0 amide bonds. The molecule has 0 bridgehead atoms. The molecule has 0 saturated heterocycles. The highest BCUT2D eigenvalue weighted by Crippen LogP contribution is 2.45. The number of H-pyrrole nitrogens is 1. The maximum Gasteiger partial charge on any atom is 0.147 e. The summed E-state index contributed by atoms with van der Waals surface area (Å²) in [5.74, 6) is 0.879. The fraction of sp³-hybridized carbons (Fsp3) is 0. The lowest BCUT2D eigenvalue weighted by molar-refractivity contribution is 1.16. The lowest BCUT2D eigenvalue weighted by Gasteiger charge is -2.11. The first kappa shape index (κ1) is 55.5. The van der Waals surface area contributed by atoms with Crippen molar-refractivity contribution >= 4 is 164 Å². The van der Waals surface area contributed by atoms with Gasteiger partial charge in [0, 0.05) is 94.6 Å². The maximum absolute atomic E-state index is 5.60. The summed E-state index contributed by atoms with van der Waals surface area (Å²) < 4.78 is 12.5. The summed E-state index contributed by atoms with van der Waals surface area (Å²) in [6.45, 7) is 0. The smallest absolute Gasteiger partial charge is 0.147 e. The zero-order chi connectivity index (χ0) is 63.5. The number of nitrogens with one attached hydrogen (secondary N) is 1. The Morgan fingerprint density at radius 3 is 1.26 bits per heavy atom. The third-order valence-corrected chi connectivity index (χ3v) is 19.9. The Balaban J connectivity index is 0.000000122. The molecule has 96 heavy (non-hydrogen) atoms. The fourth-order valence-electron chi connectivity index (χ4n) is 14.6. The molecule has 0 spiro atoms. The first-order chi connectivity index (χ1) is 47.5. The van der Waals surface area contributed by atoms with Crippen LogP contribution in [0.1, 0.15) is 0 Å². The minimum atomic E-state index is 0.646. The van der Waals surface area contributed by atoms with E-state index in [1.54, 1.807) is 18.3 Å². The highest BCUT2D eigenvalue weighted by atomic mass is 79.9. The second-order valence-electron chi connectivity index (χ2n) is 24.2. The summed E-state index contributed by atoms with van der Waals surface area (Å²) in [6.07, 6.45) is 3.55. The Hall–Kier alpha value is -12.2. The van der Waals surface area contributed by atoms with E-state index in [1.165, 1.54) is 76.2 Å². The van der Waals surface area contributed by atoms with Crippen LogP contribution in [-0.4, -0.2) is 47.6 Å². The van der Waals surface area contributed by atoms with E-state index in [2.05, 4.69) is 303 Å². The number of halogens is 2. The Labute approximate surface area is 561 Å². The molecule has 0 aliphatic rings. The number of pyridine rings is 3. The van der Waals surface area contributed by atoms with E-state index < -0.39 is 0 Å². The predicted octanol–water partition coefficient (Wildman–Crippen LogP) is 22.3. The van der Waals surface area contributed by atoms with Gasteiger partial charge < -0.3 is 23.3 Å². The molecule has 0 fully saturated rings. The van der Waals surface area contributed by atoms with Gasteiger partial charge in [0.15, 0.2) is 0 Å². The van der Waals surface area contributed by atoms with Gasteiger partial charge in [0.1, 0.15) is 21.7 Å². The van der Waals surface area contributed by atoms with Crippen LogP contribution in [0.2, 0.25) is 5.02 Å². The van der Waals surface area contributed by atoms with Gasteiger partial charge in [-0.15, -0.1) is 0 Å². The van der Waals surface area contributed by atoms with Crippen LogP contribution in [0.4, 0.5) is 0 Å². The lowest BCUT2D eigenvalue weighted by atomic mass is 10.0. The summed E-state index contributed by atoms with van der Waals surface area (Å²) >= 11 is 8.75. The van der Waals surface area contributed by atoms with E-state index in [0.29, 0.717) is 9.63 Å². The van der Waals surface area contributed by atoms with Crippen molar-refractivity contribution in [2.75, 3.05) is 0 Å². The molecular formula is C84H52BrClN10. The number of rotatable bonds is 5. The van der Waals surface area contributed by atoms with Crippen LogP contribution in [0.5, 0.6) is 0 Å². The summed E-state index contributed by atoms with van der Waals surface area (Å²) in [5.41, 5.74) is 21.0. The van der Waals surface area contributed by atoms with E-state index in [0.717, 1.165) is 94.7 Å². The Morgan fingerprint density at radius 1 is 0.292 bits per heavy atom. The Bertz CT molecular complexity index is 6610. The van der Waals surface area contributed by atoms with Gasteiger partial charge in [-0.3, -0.25) is 4.40 Å². The van der Waals surface area contributed by atoms with Crippen LogP contribution in [0.25, 0.3) is 171 Å². The van der Waals surface area contributed by atoms with E-state index >= 15 is 0 Å². The highest BCUT2D eigenvalue weighted by molar-refractivity contribution is 9.10. The van der Waals surface area contributed by atoms with E-state index in [-0.39, 0.29) is 0 Å². The topological polar surface area (TPSA) is 91.5 Å². The van der Waals surface area contributed by atoms with Gasteiger partial charge in [-0.2, -0.15) is 0 Å². The molecule has 0 unspecified atom stereocenters. The third kappa shape index (κ3) is 8.78. The minimum Gasteiger partial charge on any atom is -0.338 e. The predicted molar refractivity (Wildman–Crippen MR) is 401 cm³/mol. The molecule has 0 aliphatic carbocycles. The van der Waals surface area contributed by atoms with E-state index in [1.807, 2.05) is 36.5 Å². The molecule has 12 aromatic carbocycles.